The largest absolute Gasteiger partial charge is 0.358 e. The molecule has 1 atom stereocenters. The second kappa shape index (κ2) is 6.84. The summed E-state index contributed by atoms with van der Waals surface area (Å²) in [5.74, 6) is 0. The fraction of sp³-hybridized carbons (Fsp3) is 0.529. The average molecular weight is 415 g/mol. The fourth-order valence-corrected chi connectivity index (χ4v) is 4.09. The molecule has 1 fully saturated rings. The summed E-state index contributed by atoms with van der Waals surface area (Å²) in [6.07, 6.45) is 10.7. The van der Waals surface area contributed by atoms with Gasteiger partial charge < -0.3 is 9.64 Å². The van der Waals surface area contributed by atoms with Crippen molar-refractivity contribution in [2.75, 3.05) is 18.1 Å². The van der Waals surface area contributed by atoms with Gasteiger partial charge >= 0.3 is 0 Å². The molecule has 2 aliphatic rings. The number of halogens is 2. The van der Waals surface area contributed by atoms with E-state index < -0.39 is 0 Å². The molecule has 1 unspecified atom stereocenters. The predicted octanol–water partition coefficient (Wildman–Crippen LogP) is 5.66. The molecule has 2 aliphatic heterocycles. The molecule has 0 bridgehead atoms. The number of hydrogen-bond acceptors (Lipinski definition) is 2. The summed E-state index contributed by atoms with van der Waals surface area (Å²) in [5.41, 5.74) is 3.82. The molecule has 114 valence electrons. The molecule has 0 spiro atoms. The Morgan fingerprint density at radius 2 is 2.05 bits per heavy atom. The van der Waals surface area contributed by atoms with Crippen LogP contribution in [0.2, 0.25) is 0 Å². The molecule has 4 heteroatoms. The third kappa shape index (κ3) is 3.22. The molecule has 0 radical (unpaired) electrons. The summed E-state index contributed by atoms with van der Waals surface area (Å²) in [6.45, 7) is 4.11. The number of nitrogens with zero attached hydrogens (tertiary/aromatic N) is 1. The molecule has 1 saturated heterocycles. The summed E-state index contributed by atoms with van der Waals surface area (Å²) in [5, 5.41) is 0. The minimum Gasteiger partial charge on any atom is -0.358 e. The van der Waals surface area contributed by atoms with Crippen LogP contribution in [0.3, 0.4) is 0 Å². The normalized spacial score (nSPS) is 24.1. The zero-order valence-corrected chi connectivity index (χ0v) is 15.5. The van der Waals surface area contributed by atoms with E-state index in [-0.39, 0.29) is 6.23 Å². The number of hydrogen-bond donors (Lipinski definition) is 0. The van der Waals surface area contributed by atoms with E-state index in [1.807, 2.05) is 0 Å². The third-order valence-electron chi connectivity index (χ3n) is 4.27. The van der Waals surface area contributed by atoms with Gasteiger partial charge in [0.1, 0.15) is 6.23 Å². The molecule has 21 heavy (non-hydrogen) atoms. The van der Waals surface area contributed by atoms with Gasteiger partial charge in [0.25, 0.3) is 0 Å². The Morgan fingerprint density at radius 3 is 2.81 bits per heavy atom. The SMILES string of the molecule is Cc1cc2c(c(Br)c1Br)/C=C/CCCN2C1CCCCO1. The van der Waals surface area contributed by atoms with Crippen molar-refractivity contribution in [3.63, 3.8) is 0 Å². The molecule has 1 aromatic rings. The first-order valence-corrected chi connectivity index (χ1v) is 9.30. The topological polar surface area (TPSA) is 12.5 Å². The van der Waals surface area contributed by atoms with Crippen molar-refractivity contribution in [1.82, 2.24) is 0 Å². The number of anilines is 1. The van der Waals surface area contributed by atoms with Crippen molar-refractivity contribution in [2.24, 2.45) is 0 Å². The maximum absolute atomic E-state index is 6.06. The van der Waals surface area contributed by atoms with Crippen molar-refractivity contribution in [1.29, 1.82) is 0 Å². The van der Waals surface area contributed by atoms with Crippen molar-refractivity contribution < 1.29 is 4.74 Å². The van der Waals surface area contributed by atoms with Crippen molar-refractivity contribution >= 4 is 43.6 Å². The lowest BCUT2D eigenvalue weighted by Crippen LogP contribution is -2.41. The van der Waals surface area contributed by atoms with Crippen LogP contribution in [0.4, 0.5) is 5.69 Å². The highest BCUT2D eigenvalue weighted by Gasteiger charge is 2.25. The summed E-state index contributed by atoms with van der Waals surface area (Å²) in [6, 6.07) is 2.29. The van der Waals surface area contributed by atoms with Gasteiger partial charge in [0.05, 0.1) is 0 Å². The molecule has 0 N–H and O–H groups in total. The Kier molecular flexibility index (Phi) is 5.07. The highest BCUT2D eigenvalue weighted by Crippen LogP contribution is 2.40. The van der Waals surface area contributed by atoms with E-state index in [4.69, 9.17) is 4.74 Å². The average Bonchev–Trinajstić information content (AvgIpc) is 2.48. The second-order valence-corrected chi connectivity index (χ2v) is 7.40. The number of ether oxygens (including phenoxy) is 1. The molecule has 2 heterocycles. The fourth-order valence-electron chi connectivity index (χ4n) is 3.12. The number of rotatable bonds is 1. The third-order valence-corrected chi connectivity index (χ3v) is 6.65. The molecule has 0 saturated carbocycles. The summed E-state index contributed by atoms with van der Waals surface area (Å²) in [4.78, 5) is 2.47. The summed E-state index contributed by atoms with van der Waals surface area (Å²) >= 11 is 7.45. The van der Waals surface area contributed by atoms with Gasteiger partial charge in [0.2, 0.25) is 0 Å². The maximum atomic E-state index is 6.06. The van der Waals surface area contributed by atoms with Crippen LogP contribution in [0.1, 0.15) is 43.2 Å². The van der Waals surface area contributed by atoms with Crippen LogP contribution in [0, 0.1) is 6.92 Å². The van der Waals surface area contributed by atoms with E-state index in [1.165, 1.54) is 36.1 Å². The van der Waals surface area contributed by atoms with E-state index >= 15 is 0 Å². The van der Waals surface area contributed by atoms with Crippen molar-refractivity contribution in [3.05, 3.63) is 32.2 Å². The Balaban J connectivity index is 2.06. The number of benzene rings is 1. The van der Waals surface area contributed by atoms with E-state index in [0.29, 0.717) is 0 Å². The molecular weight excluding hydrogens is 394 g/mol. The van der Waals surface area contributed by atoms with Crippen LogP contribution < -0.4 is 4.90 Å². The quantitative estimate of drug-likeness (QED) is 0.587. The Morgan fingerprint density at radius 1 is 1.19 bits per heavy atom. The molecule has 1 aromatic carbocycles. The van der Waals surface area contributed by atoms with Gasteiger partial charge in [-0.1, -0.05) is 12.2 Å². The molecule has 0 aromatic heterocycles. The zero-order chi connectivity index (χ0) is 14.8. The lowest BCUT2D eigenvalue weighted by Gasteiger charge is -2.38. The standard InChI is InChI=1S/C17H21Br2NO/c1-12-11-14-13(17(19)16(12)18)7-3-2-5-9-20(14)15-8-4-6-10-21-15/h3,7,11,15H,2,4-6,8-10H2,1H3/b7-3+. The first kappa shape index (κ1) is 15.6. The van der Waals surface area contributed by atoms with Gasteiger partial charge in [-0.15, -0.1) is 0 Å². The van der Waals surface area contributed by atoms with Crippen molar-refractivity contribution in [2.45, 2.75) is 45.3 Å². The van der Waals surface area contributed by atoms with Crippen molar-refractivity contribution in [3.8, 4) is 0 Å². The van der Waals surface area contributed by atoms with Crippen LogP contribution in [-0.4, -0.2) is 19.4 Å². The lowest BCUT2D eigenvalue weighted by atomic mass is 10.0. The highest BCUT2D eigenvalue weighted by molar-refractivity contribution is 9.13. The molecule has 0 aliphatic carbocycles. The maximum Gasteiger partial charge on any atom is 0.130 e. The van der Waals surface area contributed by atoms with Gasteiger partial charge in [-0.05, 0) is 82.5 Å². The summed E-state index contributed by atoms with van der Waals surface area (Å²) in [7, 11) is 0. The Hall–Kier alpha value is -0.320. The monoisotopic (exact) mass is 413 g/mol. The first-order chi connectivity index (χ1) is 10.2. The van der Waals surface area contributed by atoms with E-state index in [9.17, 15) is 0 Å². The van der Waals surface area contributed by atoms with Crippen LogP contribution in [-0.2, 0) is 4.74 Å². The number of aryl methyl sites for hydroxylation is 1. The number of allylic oxidation sites excluding steroid dienone is 1. The molecule has 0 amide bonds. The summed E-state index contributed by atoms with van der Waals surface area (Å²) < 4.78 is 8.35. The molecule has 3 rings (SSSR count). The zero-order valence-electron chi connectivity index (χ0n) is 12.4. The predicted molar refractivity (Wildman–Crippen MR) is 95.8 cm³/mol. The van der Waals surface area contributed by atoms with Gasteiger partial charge in [-0.3, -0.25) is 0 Å². The Bertz CT molecular complexity index is 550. The highest BCUT2D eigenvalue weighted by atomic mass is 79.9. The van der Waals surface area contributed by atoms with Gasteiger partial charge in [-0.25, -0.2) is 0 Å². The lowest BCUT2D eigenvalue weighted by molar-refractivity contribution is 0.0141. The van der Waals surface area contributed by atoms with Gasteiger partial charge in [0.15, 0.2) is 0 Å². The van der Waals surface area contributed by atoms with Crippen LogP contribution in [0.25, 0.3) is 6.08 Å². The van der Waals surface area contributed by atoms with Crippen LogP contribution >= 0.6 is 31.9 Å². The van der Waals surface area contributed by atoms with E-state index in [2.05, 4.69) is 61.9 Å². The van der Waals surface area contributed by atoms with Gasteiger partial charge in [0, 0.05) is 33.3 Å². The molecule has 2 nitrogen and oxygen atoms in total. The van der Waals surface area contributed by atoms with Gasteiger partial charge in [-0.2, -0.15) is 0 Å². The molecular formula is C17H21Br2NO. The van der Waals surface area contributed by atoms with Crippen LogP contribution in [0.5, 0.6) is 0 Å². The first-order valence-electron chi connectivity index (χ1n) is 7.72. The van der Waals surface area contributed by atoms with Crippen LogP contribution in [0.15, 0.2) is 21.1 Å². The Labute approximate surface area is 143 Å². The minimum atomic E-state index is 0.233. The second-order valence-electron chi connectivity index (χ2n) is 5.81. The number of fused-ring (bicyclic) bond motifs is 1. The minimum absolute atomic E-state index is 0.233. The van der Waals surface area contributed by atoms with E-state index in [0.717, 1.165) is 34.9 Å². The van der Waals surface area contributed by atoms with E-state index in [1.54, 1.807) is 0 Å². The smallest absolute Gasteiger partial charge is 0.130 e.